The first-order valence-electron chi connectivity index (χ1n) is 6.58. The largest absolute Gasteiger partial charge is 0.352 e. The van der Waals surface area contributed by atoms with Gasteiger partial charge in [0.2, 0.25) is 5.91 Å². The summed E-state index contributed by atoms with van der Waals surface area (Å²) in [5.41, 5.74) is 0. The maximum absolute atomic E-state index is 11.8. The lowest BCUT2D eigenvalue weighted by Crippen LogP contribution is -2.46. The number of rotatable bonds is 3. The third-order valence-electron chi connectivity index (χ3n) is 4.31. The van der Waals surface area contributed by atoms with Crippen molar-refractivity contribution in [2.45, 2.75) is 37.5 Å². The van der Waals surface area contributed by atoms with Gasteiger partial charge in [0, 0.05) is 12.3 Å². The minimum absolute atomic E-state index is 0.142. The molecule has 0 bridgehead atoms. The fourth-order valence-corrected chi connectivity index (χ4v) is 3.40. The first-order chi connectivity index (χ1) is 8.38. The number of amides is 1. The van der Waals surface area contributed by atoms with Crippen molar-refractivity contribution < 1.29 is 13.2 Å². The Morgan fingerprint density at radius 3 is 2.61 bits per heavy atom. The van der Waals surface area contributed by atoms with Crippen LogP contribution in [0.15, 0.2) is 0 Å². The molecule has 104 valence electrons. The number of carbonyl (C=O) groups is 1. The average molecular weight is 274 g/mol. The van der Waals surface area contributed by atoms with E-state index in [0.717, 1.165) is 44.5 Å². The summed E-state index contributed by atoms with van der Waals surface area (Å²) >= 11 is 0. The van der Waals surface area contributed by atoms with Crippen molar-refractivity contribution in [1.82, 2.24) is 10.6 Å². The molecule has 1 heterocycles. The van der Waals surface area contributed by atoms with Crippen LogP contribution in [0.5, 0.6) is 0 Å². The fraction of sp³-hybridized carbons (Fsp3) is 0.917. The molecule has 0 spiro atoms. The molecule has 2 rings (SSSR count). The van der Waals surface area contributed by atoms with Gasteiger partial charge in [0.25, 0.3) is 0 Å². The summed E-state index contributed by atoms with van der Waals surface area (Å²) in [5.74, 6) is 1.02. The Bertz CT molecular complexity index is 421. The minimum Gasteiger partial charge on any atom is -0.352 e. The van der Waals surface area contributed by atoms with Crippen LogP contribution >= 0.6 is 0 Å². The summed E-state index contributed by atoms with van der Waals surface area (Å²) < 4.78 is 22.7. The van der Waals surface area contributed by atoms with Crippen molar-refractivity contribution in [2.75, 3.05) is 19.3 Å². The quantitative estimate of drug-likeness (QED) is 0.755. The summed E-state index contributed by atoms with van der Waals surface area (Å²) in [6, 6.07) is 0.142. The molecule has 1 saturated heterocycles. The van der Waals surface area contributed by atoms with Crippen LogP contribution in [0.2, 0.25) is 0 Å². The van der Waals surface area contributed by atoms with Crippen molar-refractivity contribution in [1.29, 1.82) is 0 Å². The van der Waals surface area contributed by atoms with E-state index in [-0.39, 0.29) is 11.9 Å². The highest BCUT2D eigenvalue weighted by atomic mass is 32.2. The van der Waals surface area contributed by atoms with E-state index >= 15 is 0 Å². The van der Waals surface area contributed by atoms with Crippen LogP contribution in [-0.2, 0) is 14.6 Å². The summed E-state index contributed by atoms with van der Waals surface area (Å²) in [6.07, 6.45) is 4.16. The predicted octanol–water partition coefficient (Wildman–Crippen LogP) is -0.0762. The van der Waals surface area contributed by atoms with Crippen molar-refractivity contribution >= 4 is 15.7 Å². The summed E-state index contributed by atoms with van der Waals surface area (Å²) in [7, 11) is -3.29. The van der Waals surface area contributed by atoms with Gasteiger partial charge in [-0.25, -0.2) is 8.42 Å². The molecule has 2 N–H and O–H groups in total. The van der Waals surface area contributed by atoms with E-state index in [0.29, 0.717) is 5.92 Å². The predicted molar refractivity (Wildman–Crippen MR) is 69.9 cm³/mol. The number of nitrogens with one attached hydrogen (secondary N) is 2. The molecule has 2 fully saturated rings. The SMILES string of the molecule is CC(C(=O)NC1CC[C@H]2CNC[C@H]2C1)S(C)(=O)=O. The van der Waals surface area contributed by atoms with Crippen LogP contribution < -0.4 is 10.6 Å². The second-order valence-electron chi connectivity index (χ2n) is 5.67. The lowest BCUT2D eigenvalue weighted by atomic mass is 9.79. The van der Waals surface area contributed by atoms with Gasteiger partial charge in [-0.3, -0.25) is 4.79 Å². The minimum atomic E-state index is -3.29. The third kappa shape index (κ3) is 3.03. The average Bonchev–Trinajstić information content (AvgIpc) is 2.73. The molecule has 1 aliphatic carbocycles. The molecule has 5 nitrogen and oxygen atoms in total. The van der Waals surface area contributed by atoms with Gasteiger partial charge in [-0.1, -0.05) is 0 Å². The van der Waals surface area contributed by atoms with Gasteiger partial charge in [0.05, 0.1) is 0 Å². The van der Waals surface area contributed by atoms with Crippen LogP contribution in [0.4, 0.5) is 0 Å². The number of carbonyl (C=O) groups excluding carboxylic acids is 1. The van der Waals surface area contributed by atoms with Crippen LogP contribution in [0, 0.1) is 11.8 Å². The number of hydrogen-bond donors (Lipinski definition) is 2. The second-order valence-corrected chi connectivity index (χ2v) is 8.03. The lowest BCUT2D eigenvalue weighted by molar-refractivity contribution is -0.121. The first kappa shape index (κ1) is 13.8. The van der Waals surface area contributed by atoms with Crippen LogP contribution in [0.25, 0.3) is 0 Å². The molecular weight excluding hydrogens is 252 g/mol. The molecule has 18 heavy (non-hydrogen) atoms. The molecule has 1 amide bonds. The first-order valence-corrected chi connectivity index (χ1v) is 8.53. The van der Waals surface area contributed by atoms with Gasteiger partial charge in [-0.15, -0.1) is 0 Å². The molecule has 0 aromatic carbocycles. The highest BCUT2D eigenvalue weighted by Crippen LogP contribution is 2.32. The topological polar surface area (TPSA) is 75.3 Å². The Hall–Kier alpha value is -0.620. The summed E-state index contributed by atoms with van der Waals surface area (Å²) in [4.78, 5) is 11.8. The number of sulfone groups is 1. The van der Waals surface area contributed by atoms with Crippen molar-refractivity contribution in [3.63, 3.8) is 0 Å². The van der Waals surface area contributed by atoms with E-state index in [1.54, 1.807) is 0 Å². The van der Waals surface area contributed by atoms with Gasteiger partial charge >= 0.3 is 0 Å². The molecule has 1 aliphatic heterocycles. The van der Waals surface area contributed by atoms with Gasteiger partial charge < -0.3 is 10.6 Å². The Morgan fingerprint density at radius 2 is 1.94 bits per heavy atom. The molecule has 2 aliphatic rings. The van der Waals surface area contributed by atoms with Gasteiger partial charge in [0.15, 0.2) is 9.84 Å². The highest BCUT2D eigenvalue weighted by Gasteiger charge is 2.35. The van der Waals surface area contributed by atoms with E-state index in [2.05, 4.69) is 10.6 Å². The zero-order chi connectivity index (χ0) is 13.3. The van der Waals surface area contributed by atoms with Crippen molar-refractivity contribution in [3.8, 4) is 0 Å². The summed E-state index contributed by atoms with van der Waals surface area (Å²) in [5, 5.41) is 5.32. The van der Waals surface area contributed by atoms with Crippen molar-refractivity contribution in [2.24, 2.45) is 11.8 Å². The molecule has 0 aromatic heterocycles. The smallest absolute Gasteiger partial charge is 0.238 e. The molecular formula is C12H22N2O3S. The van der Waals surface area contributed by atoms with E-state index in [1.807, 2.05) is 0 Å². The second kappa shape index (κ2) is 5.17. The molecule has 1 saturated carbocycles. The molecule has 0 aromatic rings. The number of hydrogen-bond acceptors (Lipinski definition) is 4. The third-order valence-corrected chi connectivity index (χ3v) is 5.81. The maximum Gasteiger partial charge on any atom is 0.238 e. The Morgan fingerprint density at radius 1 is 1.28 bits per heavy atom. The normalized spacial score (nSPS) is 33.8. The van der Waals surface area contributed by atoms with Crippen LogP contribution in [0.1, 0.15) is 26.2 Å². The van der Waals surface area contributed by atoms with E-state index < -0.39 is 15.1 Å². The van der Waals surface area contributed by atoms with Crippen LogP contribution in [0.3, 0.4) is 0 Å². The molecule has 4 atom stereocenters. The lowest BCUT2D eigenvalue weighted by Gasteiger charge is -2.32. The van der Waals surface area contributed by atoms with Gasteiger partial charge in [-0.2, -0.15) is 0 Å². The van der Waals surface area contributed by atoms with E-state index in [9.17, 15) is 13.2 Å². The monoisotopic (exact) mass is 274 g/mol. The van der Waals surface area contributed by atoms with Crippen LogP contribution in [-0.4, -0.2) is 45.0 Å². The van der Waals surface area contributed by atoms with Crippen molar-refractivity contribution in [3.05, 3.63) is 0 Å². The zero-order valence-corrected chi connectivity index (χ0v) is 11.8. The fourth-order valence-electron chi connectivity index (χ4n) is 2.94. The highest BCUT2D eigenvalue weighted by molar-refractivity contribution is 7.92. The molecule has 0 radical (unpaired) electrons. The van der Waals surface area contributed by atoms with Gasteiger partial charge in [0.1, 0.15) is 5.25 Å². The summed E-state index contributed by atoms with van der Waals surface area (Å²) in [6.45, 7) is 3.57. The Kier molecular flexibility index (Phi) is 3.96. The van der Waals surface area contributed by atoms with E-state index in [4.69, 9.17) is 0 Å². The molecule has 6 heteroatoms. The Labute approximate surface area is 109 Å². The van der Waals surface area contributed by atoms with Gasteiger partial charge in [-0.05, 0) is 51.1 Å². The Balaban J connectivity index is 1.88. The molecule has 2 unspecified atom stereocenters. The maximum atomic E-state index is 11.8. The van der Waals surface area contributed by atoms with E-state index in [1.165, 1.54) is 6.92 Å². The number of fused-ring (bicyclic) bond motifs is 1. The standard InChI is InChI=1S/C12H22N2O3S/c1-8(18(2,16)17)12(15)14-11-4-3-9-6-13-7-10(9)5-11/h8-11,13H,3-7H2,1-2H3,(H,14,15)/t8?,9-,10+,11?/m0/s1. The zero-order valence-electron chi connectivity index (χ0n) is 11.0.